The SMILES string of the molecule is CC.CC(c1ccc(F)c(OCCC(=O)NC(Cc2ccccc2)B2O[C@@H]3CC4CC(C4(C)C)[C@]3(C)O2)c1)C(C#N)C(=O)NC(C)(C)C. The Morgan fingerprint density at radius 2 is 1.81 bits per heavy atom. The predicted octanol–water partition coefficient (Wildman–Crippen LogP) is 6.77. The maximum atomic E-state index is 14.7. The van der Waals surface area contributed by atoms with E-state index in [1.807, 2.05) is 65.0 Å². The number of nitrogens with zero attached hydrogens (tertiary/aromatic N) is 1. The lowest BCUT2D eigenvalue weighted by Crippen LogP contribution is -2.65. The zero-order chi connectivity index (χ0) is 35.4. The van der Waals surface area contributed by atoms with Gasteiger partial charge in [0.05, 0.1) is 36.7 Å². The summed E-state index contributed by atoms with van der Waals surface area (Å²) in [6.07, 6.45) is 2.61. The van der Waals surface area contributed by atoms with Crippen molar-refractivity contribution >= 4 is 18.9 Å². The second kappa shape index (κ2) is 15.0. The van der Waals surface area contributed by atoms with Gasteiger partial charge in [-0.1, -0.05) is 71.0 Å². The molecular weight excluding hydrogens is 608 g/mol. The van der Waals surface area contributed by atoms with E-state index in [2.05, 4.69) is 37.5 Å². The molecule has 2 N–H and O–H groups in total. The molecule has 7 atom stereocenters. The minimum Gasteiger partial charge on any atom is -0.490 e. The molecule has 260 valence electrons. The molecule has 1 heterocycles. The number of benzene rings is 2. The van der Waals surface area contributed by atoms with Crippen molar-refractivity contribution in [1.82, 2.24) is 10.6 Å². The van der Waals surface area contributed by atoms with Crippen LogP contribution in [0.25, 0.3) is 0 Å². The van der Waals surface area contributed by atoms with Crippen LogP contribution in [0.3, 0.4) is 0 Å². The van der Waals surface area contributed by atoms with Gasteiger partial charge in [-0.05, 0) is 87.5 Å². The number of hydrogen-bond donors (Lipinski definition) is 2. The Morgan fingerprint density at radius 1 is 1.12 bits per heavy atom. The highest BCUT2D eigenvalue weighted by atomic mass is 19.1. The van der Waals surface area contributed by atoms with Gasteiger partial charge in [0.1, 0.15) is 5.92 Å². The van der Waals surface area contributed by atoms with Crippen LogP contribution in [-0.4, -0.2) is 48.7 Å². The fourth-order valence-electron chi connectivity index (χ4n) is 7.64. The summed E-state index contributed by atoms with van der Waals surface area (Å²) in [6, 6.07) is 16.3. The third-order valence-corrected chi connectivity index (χ3v) is 10.4. The molecule has 4 aliphatic rings. The summed E-state index contributed by atoms with van der Waals surface area (Å²) in [5.41, 5.74) is 0.959. The average molecular weight is 662 g/mol. The van der Waals surface area contributed by atoms with Crippen molar-refractivity contribution in [3.63, 3.8) is 0 Å². The van der Waals surface area contributed by atoms with Gasteiger partial charge in [0.15, 0.2) is 11.6 Å². The highest BCUT2D eigenvalue weighted by Crippen LogP contribution is 2.65. The minimum absolute atomic E-state index is 0.00871. The summed E-state index contributed by atoms with van der Waals surface area (Å²) in [6.45, 7) is 18.0. The lowest BCUT2D eigenvalue weighted by Gasteiger charge is -2.64. The zero-order valence-corrected chi connectivity index (χ0v) is 30.1. The van der Waals surface area contributed by atoms with Gasteiger partial charge in [0.2, 0.25) is 11.8 Å². The van der Waals surface area contributed by atoms with Crippen molar-refractivity contribution in [3.05, 3.63) is 65.5 Å². The monoisotopic (exact) mass is 661 g/mol. The van der Waals surface area contributed by atoms with Crippen LogP contribution in [0.2, 0.25) is 0 Å². The number of rotatable bonds is 11. The molecule has 4 fully saturated rings. The number of amides is 2. The van der Waals surface area contributed by atoms with E-state index in [4.69, 9.17) is 14.0 Å². The van der Waals surface area contributed by atoms with Gasteiger partial charge < -0.3 is 24.7 Å². The molecule has 3 saturated carbocycles. The van der Waals surface area contributed by atoms with Gasteiger partial charge >= 0.3 is 7.12 Å². The average Bonchev–Trinajstić information content (AvgIpc) is 3.40. The summed E-state index contributed by atoms with van der Waals surface area (Å²) in [7, 11) is -0.589. The first-order valence-corrected chi connectivity index (χ1v) is 17.4. The van der Waals surface area contributed by atoms with E-state index in [0.29, 0.717) is 23.8 Å². The van der Waals surface area contributed by atoms with Gasteiger partial charge in [0.25, 0.3) is 0 Å². The van der Waals surface area contributed by atoms with E-state index in [1.165, 1.54) is 12.1 Å². The first-order valence-electron chi connectivity index (χ1n) is 17.4. The Labute approximate surface area is 286 Å². The van der Waals surface area contributed by atoms with Gasteiger partial charge in [-0.2, -0.15) is 5.26 Å². The third kappa shape index (κ3) is 8.06. The molecule has 48 heavy (non-hydrogen) atoms. The topological polar surface area (TPSA) is 110 Å². The Bertz CT molecular complexity index is 1470. The molecule has 1 aliphatic heterocycles. The van der Waals surface area contributed by atoms with E-state index in [-0.39, 0.29) is 42.1 Å². The van der Waals surface area contributed by atoms with E-state index in [9.17, 15) is 19.2 Å². The van der Waals surface area contributed by atoms with Crippen molar-refractivity contribution < 1.29 is 28.0 Å². The zero-order valence-electron chi connectivity index (χ0n) is 30.1. The largest absolute Gasteiger partial charge is 0.490 e. The number of nitrogens with one attached hydrogen (secondary N) is 2. The van der Waals surface area contributed by atoms with Crippen LogP contribution in [0.15, 0.2) is 48.5 Å². The lowest BCUT2D eigenvalue weighted by atomic mass is 9.43. The summed E-state index contributed by atoms with van der Waals surface area (Å²) in [5, 5.41) is 15.7. The van der Waals surface area contributed by atoms with Crippen LogP contribution >= 0.6 is 0 Å². The molecule has 1 saturated heterocycles. The molecule has 2 bridgehead atoms. The number of nitriles is 1. The van der Waals surface area contributed by atoms with E-state index < -0.39 is 41.9 Å². The van der Waals surface area contributed by atoms with Crippen molar-refractivity contribution in [3.8, 4) is 11.8 Å². The fraction of sp³-hybridized carbons (Fsp3) is 0.605. The lowest BCUT2D eigenvalue weighted by molar-refractivity contribution is -0.199. The molecule has 0 aromatic heterocycles. The smallest absolute Gasteiger partial charge is 0.482 e. The van der Waals surface area contributed by atoms with Crippen LogP contribution < -0.4 is 15.4 Å². The summed E-state index contributed by atoms with van der Waals surface area (Å²) < 4.78 is 33.7. The summed E-state index contributed by atoms with van der Waals surface area (Å²) in [5.74, 6) is -2.14. The maximum Gasteiger partial charge on any atom is 0.482 e. The standard InChI is InChI=1S/C36H47BFN3O5.C2H6/c1-22(26(21-39)33(43)41-34(2,3)4)24-13-14-27(38)28(18-24)44-16-15-32(42)40-31(17-23-11-9-8-10-12-23)37-45-30-20-25-19-29(35(25,5)6)36(30,7)46-37;1-2/h8-14,18,22,25-26,29-31H,15-17,19-20H2,1-7H3,(H,40,42)(H,41,43);1-2H3/t22?,25?,26?,29?,30-,31?,36+;/m1./s1. The molecule has 3 aliphatic carbocycles. The number of halogens is 1. The van der Waals surface area contributed by atoms with Crippen molar-refractivity contribution in [2.75, 3.05) is 6.61 Å². The highest BCUT2D eigenvalue weighted by molar-refractivity contribution is 6.48. The van der Waals surface area contributed by atoms with Crippen molar-refractivity contribution in [1.29, 1.82) is 5.26 Å². The van der Waals surface area contributed by atoms with Gasteiger partial charge in [-0.25, -0.2) is 4.39 Å². The molecular formula is C38H53BFN3O5. The molecule has 2 aromatic carbocycles. The molecule has 0 spiro atoms. The van der Waals surface area contributed by atoms with Crippen LogP contribution in [0, 0.1) is 40.3 Å². The maximum absolute atomic E-state index is 14.7. The normalized spacial score (nSPS) is 25.5. The molecule has 6 rings (SSSR count). The number of carbonyl (C=O) groups excluding carboxylic acids is 2. The minimum atomic E-state index is -0.965. The van der Waals surface area contributed by atoms with Gasteiger partial charge in [-0.3, -0.25) is 9.59 Å². The first-order chi connectivity index (χ1) is 22.6. The molecule has 5 unspecified atom stereocenters. The van der Waals surface area contributed by atoms with E-state index in [1.54, 1.807) is 13.0 Å². The van der Waals surface area contributed by atoms with Crippen LogP contribution in [-0.2, 0) is 25.3 Å². The van der Waals surface area contributed by atoms with Crippen LogP contribution in [0.4, 0.5) is 4.39 Å². The Balaban J connectivity index is 0.00000255. The first kappa shape index (κ1) is 37.4. The molecule has 0 radical (unpaired) electrons. The predicted molar refractivity (Wildman–Crippen MR) is 185 cm³/mol. The van der Waals surface area contributed by atoms with Gasteiger partial charge in [-0.15, -0.1) is 0 Å². The molecule has 8 nitrogen and oxygen atoms in total. The molecule has 10 heteroatoms. The fourth-order valence-corrected chi connectivity index (χ4v) is 7.64. The number of ether oxygens (including phenoxy) is 1. The van der Waals surface area contributed by atoms with Crippen LogP contribution in [0.5, 0.6) is 5.75 Å². The van der Waals surface area contributed by atoms with E-state index in [0.717, 1.165) is 18.4 Å². The second-order valence-electron chi connectivity index (χ2n) is 15.1. The Hall–Kier alpha value is -3.42. The highest BCUT2D eigenvalue weighted by Gasteiger charge is 2.68. The molecule has 2 aromatic rings. The number of carbonyl (C=O) groups is 2. The van der Waals surface area contributed by atoms with Crippen molar-refractivity contribution in [2.24, 2.45) is 23.2 Å². The van der Waals surface area contributed by atoms with E-state index >= 15 is 0 Å². The third-order valence-electron chi connectivity index (χ3n) is 10.4. The molecule has 2 amide bonds. The summed E-state index contributed by atoms with van der Waals surface area (Å²) in [4.78, 5) is 26.0. The second-order valence-corrected chi connectivity index (χ2v) is 15.1. The van der Waals surface area contributed by atoms with Crippen LogP contribution in [0.1, 0.15) is 98.6 Å². The quantitative estimate of drug-likeness (QED) is 0.257. The Morgan fingerprint density at radius 3 is 2.44 bits per heavy atom. The Kier molecular flexibility index (Phi) is 11.7. The van der Waals surface area contributed by atoms with Gasteiger partial charge in [0, 0.05) is 11.5 Å². The van der Waals surface area contributed by atoms with Crippen molar-refractivity contribution in [2.45, 2.75) is 117 Å². The number of hydrogen-bond acceptors (Lipinski definition) is 6. The summed E-state index contributed by atoms with van der Waals surface area (Å²) >= 11 is 0.